The van der Waals surface area contributed by atoms with Gasteiger partial charge in [0, 0.05) is 17.0 Å². The number of aliphatic hydroxyl groups excluding tert-OH is 2. The lowest BCUT2D eigenvalue weighted by atomic mass is 10.00. The summed E-state index contributed by atoms with van der Waals surface area (Å²) in [6.07, 6.45) is -2.03. The molecule has 0 aliphatic heterocycles. The highest BCUT2D eigenvalue weighted by molar-refractivity contribution is 7.80. The van der Waals surface area contributed by atoms with Gasteiger partial charge in [-0.15, -0.1) is 0 Å². The Bertz CT molecular complexity index is 395. The van der Waals surface area contributed by atoms with Gasteiger partial charge in [-0.05, 0) is 24.6 Å². The lowest BCUT2D eigenvalue weighted by molar-refractivity contribution is 0.0337. The zero-order valence-corrected chi connectivity index (χ0v) is 9.82. The molecule has 16 heavy (non-hydrogen) atoms. The van der Waals surface area contributed by atoms with Crippen molar-refractivity contribution in [2.24, 2.45) is 0 Å². The standard InChI is InChI=1S/C11H15NO3S/c1-6(13)8-4-7(2-3-9(8)12)11(15)10(14)5-16/h2-4,10-11,14-16H,5,12H2,1H3. The quantitative estimate of drug-likeness (QED) is 0.357. The SMILES string of the molecule is CC(=O)c1cc(C(O)C(O)CS)ccc1N. The fraction of sp³-hybridized carbons (Fsp3) is 0.364. The maximum absolute atomic E-state index is 11.2. The van der Waals surface area contributed by atoms with Crippen molar-refractivity contribution in [2.75, 3.05) is 11.5 Å². The number of Topliss-reactive ketones (excluding diaryl/α,β-unsaturated/α-hetero) is 1. The number of hydrogen-bond acceptors (Lipinski definition) is 5. The Balaban J connectivity index is 3.07. The van der Waals surface area contributed by atoms with Crippen LogP contribution in [0.4, 0.5) is 5.69 Å². The van der Waals surface area contributed by atoms with Crippen molar-refractivity contribution < 1.29 is 15.0 Å². The number of nitrogen functional groups attached to an aromatic ring is 1. The molecule has 5 heteroatoms. The van der Waals surface area contributed by atoms with Crippen LogP contribution in [0, 0.1) is 0 Å². The molecule has 1 aromatic rings. The van der Waals surface area contributed by atoms with Crippen molar-refractivity contribution in [2.45, 2.75) is 19.1 Å². The zero-order valence-electron chi connectivity index (χ0n) is 8.92. The third-order valence-electron chi connectivity index (χ3n) is 2.35. The van der Waals surface area contributed by atoms with Gasteiger partial charge in [-0.3, -0.25) is 4.79 Å². The highest BCUT2D eigenvalue weighted by Gasteiger charge is 2.18. The first-order valence-corrected chi connectivity index (χ1v) is 5.48. The monoisotopic (exact) mass is 241 g/mol. The number of aliphatic hydroxyl groups is 2. The Hall–Kier alpha value is -1.04. The van der Waals surface area contributed by atoms with Gasteiger partial charge >= 0.3 is 0 Å². The summed E-state index contributed by atoms with van der Waals surface area (Å²) in [5, 5.41) is 19.2. The van der Waals surface area contributed by atoms with Crippen LogP contribution in [0.5, 0.6) is 0 Å². The molecular weight excluding hydrogens is 226 g/mol. The van der Waals surface area contributed by atoms with Gasteiger partial charge in [0.15, 0.2) is 5.78 Å². The Morgan fingerprint density at radius 2 is 2.12 bits per heavy atom. The third kappa shape index (κ3) is 2.75. The summed E-state index contributed by atoms with van der Waals surface area (Å²) in [4.78, 5) is 11.2. The molecule has 0 saturated carbocycles. The summed E-state index contributed by atoms with van der Waals surface area (Å²) in [5.41, 5.74) is 6.79. The van der Waals surface area contributed by atoms with E-state index in [4.69, 9.17) is 5.73 Å². The van der Waals surface area contributed by atoms with E-state index in [0.29, 0.717) is 16.8 Å². The summed E-state index contributed by atoms with van der Waals surface area (Å²) in [6, 6.07) is 4.62. The van der Waals surface area contributed by atoms with E-state index in [1.165, 1.54) is 13.0 Å². The number of carbonyl (C=O) groups excluding carboxylic acids is 1. The molecule has 0 radical (unpaired) electrons. The molecule has 0 spiro atoms. The Kier molecular flexibility index (Phi) is 4.35. The van der Waals surface area contributed by atoms with E-state index < -0.39 is 12.2 Å². The number of carbonyl (C=O) groups is 1. The lowest BCUT2D eigenvalue weighted by Gasteiger charge is -2.17. The number of rotatable bonds is 4. The summed E-state index contributed by atoms with van der Waals surface area (Å²) in [7, 11) is 0. The molecule has 0 fully saturated rings. The second-order valence-electron chi connectivity index (χ2n) is 3.60. The van der Waals surface area contributed by atoms with Crippen molar-refractivity contribution >= 4 is 24.1 Å². The van der Waals surface area contributed by atoms with Gasteiger partial charge in [-0.1, -0.05) is 6.07 Å². The van der Waals surface area contributed by atoms with Crippen LogP contribution in [0.25, 0.3) is 0 Å². The summed E-state index contributed by atoms with van der Waals surface area (Å²) >= 11 is 3.89. The van der Waals surface area contributed by atoms with Crippen molar-refractivity contribution in [3.63, 3.8) is 0 Å². The van der Waals surface area contributed by atoms with Gasteiger partial charge in [0.2, 0.25) is 0 Å². The van der Waals surface area contributed by atoms with Gasteiger partial charge in [0.05, 0.1) is 6.10 Å². The Morgan fingerprint density at radius 3 is 2.62 bits per heavy atom. The summed E-state index contributed by atoms with van der Waals surface area (Å²) in [5.74, 6) is -0.0343. The van der Waals surface area contributed by atoms with Gasteiger partial charge < -0.3 is 15.9 Å². The van der Waals surface area contributed by atoms with Crippen LogP contribution in [-0.2, 0) is 0 Å². The number of nitrogens with two attached hydrogens (primary N) is 1. The zero-order chi connectivity index (χ0) is 12.3. The second-order valence-corrected chi connectivity index (χ2v) is 3.96. The average molecular weight is 241 g/mol. The minimum atomic E-state index is -1.06. The number of ketones is 1. The molecule has 4 N–H and O–H groups in total. The topological polar surface area (TPSA) is 83.5 Å². The molecule has 0 saturated heterocycles. The third-order valence-corrected chi connectivity index (χ3v) is 2.72. The molecule has 0 aromatic heterocycles. The van der Waals surface area contributed by atoms with Gasteiger partial charge in [0.25, 0.3) is 0 Å². The average Bonchev–Trinajstić information content (AvgIpc) is 2.27. The Labute approximate surface area is 99.5 Å². The van der Waals surface area contributed by atoms with E-state index >= 15 is 0 Å². The van der Waals surface area contributed by atoms with Crippen LogP contribution in [0.2, 0.25) is 0 Å². The minimum absolute atomic E-state index is 0.140. The maximum atomic E-state index is 11.2. The molecular formula is C11H15NO3S. The predicted molar refractivity (Wildman–Crippen MR) is 65.7 cm³/mol. The first-order valence-electron chi connectivity index (χ1n) is 4.84. The molecule has 0 heterocycles. The molecule has 2 atom stereocenters. The van der Waals surface area contributed by atoms with Crippen molar-refractivity contribution in [3.05, 3.63) is 29.3 Å². The van der Waals surface area contributed by atoms with E-state index in [2.05, 4.69) is 12.6 Å². The molecule has 1 rings (SSSR count). The number of hydrogen-bond donors (Lipinski definition) is 4. The molecule has 0 amide bonds. The van der Waals surface area contributed by atoms with Crippen LogP contribution in [0.15, 0.2) is 18.2 Å². The van der Waals surface area contributed by atoms with E-state index in [1.54, 1.807) is 12.1 Å². The van der Waals surface area contributed by atoms with Crippen LogP contribution in [0.3, 0.4) is 0 Å². The van der Waals surface area contributed by atoms with Crippen LogP contribution in [-0.4, -0.2) is 27.9 Å². The van der Waals surface area contributed by atoms with Gasteiger partial charge in [0.1, 0.15) is 6.10 Å². The second kappa shape index (κ2) is 5.34. The smallest absolute Gasteiger partial charge is 0.161 e. The largest absolute Gasteiger partial charge is 0.398 e. The van der Waals surface area contributed by atoms with E-state index in [1.807, 2.05) is 0 Å². The maximum Gasteiger partial charge on any atom is 0.161 e. The molecule has 0 aliphatic carbocycles. The van der Waals surface area contributed by atoms with E-state index in [0.717, 1.165) is 0 Å². The normalized spacial score (nSPS) is 14.5. The number of anilines is 1. The number of benzene rings is 1. The van der Waals surface area contributed by atoms with Gasteiger partial charge in [-0.2, -0.15) is 12.6 Å². The molecule has 88 valence electrons. The van der Waals surface area contributed by atoms with Crippen LogP contribution in [0.1, 0.15) is 28.9 Å². The van der Waals surface area contributed by atoms with Crippen molar-refractivity contribution in [1.82, 2.24) is 0 Å². The summed E-state index contributed by atoms with van der Waals surface area (Å²) < 4.78 is 0. The highest BCUT2D eigenvalue weighted by atomic mass is 32.1. The van der Waals surface area contributed by atoms with Gasteiger partial charge in [-0.25, -0.2) is 0 Å². The highest BCUT2D eigenvalue weighted by Crippen LogP contribution is 2.22. The van der Waals surface area contributed by atoms with Crippen LogP contribution < -0.4 is 5.73 Å². The number of thiol groups is 1. The van der Waals surface area contributed by atoms with E-state index in [-0.39, 0.29) is 11.5 Å². The fourth-order valence-electron chi connectivity index (χ4n) is 1.38. The molecule has 1 aromatic carbocycles. The predicted octanol–water partition coefficient (Wildman–Crippen LogP) is 0.796. The van der Waals surface area contributed by atoms with Crippen molar-refractivity contribution in [3.8, 4) is 0 Å². The molecule has 0 aliphatic rings. The molecule has 2 unspecified atom stereocenters. The van der Waals surface area contributed by atoms with Crippen molar-refractivity contribution in [1.29, 1.82) is 0 Å². The lowest BCUT2D eigenvalue weighted by Crippen LogP contribution is -2.20. The first kappa shape index (κ1) is 13.0. The Morgan fingerprint density at radius 1 is 1.50 bits per heavy atom. The first-order chi connectivity index (χ1) is 7.47. The minimum Gasteiger partial charge on any atom is -0.398 e. The van der Waals surface area contributed by atoms with Crippen LogP contribution >= 0.6 is 12.6 Å². The fourth-order valence-corrected chi connectivity index (χ4v) is 1.58. The molecule has 0 bridgehead atoms. The van der Waals surface area contributed by atoms with E-state index in [9.17, 15) is 15.0 Å². The summed E-state index contributed by atoms with van der Waals surface area (Å²) in [6.45, 7) is 1.40. The molecule has 4 nitrogen and oxygen atoms in total.